The van der Waals surface area contributed by atoms with Gasteiger partial charge < -0.3 is 5.11 Å². The van der Waals surface area contributed by atoms with E-state index >= 15 is 0 Å². The highest BCUT2D eigenvalue weighted by Crippen LogP contribution is 2.28. The highest BCUT2D eigenvalue weighted by molar-refractivity contribution is 5.14. The summed E-state index contributed by atoms with van der Waals surface area (Å²) < 4.78 is 0. The molecule has 0 aromatic heterocycles. The first kappa shape index (κ1) is 9.52. The van der Waals surface area contributed by atoms with Gasteiger partial charge in [-0.15, -0.1) is 5.92 Å². The monoisotopic (exact) mass is 140 g/mol. The van der Waals surface area contributed by atoms with E-state index in [2.05, 4.69) is 11.8 Å². The zero-order valence-electron chi connectivity index (χ0n) is 7.45. The van der Waals surface area contributed by atoms with Gasteiger partial charge in [-0.2, -0.15) is 0 Å². The third kappa shape index (κ3) is 2.04. The second-order valence-corrected chi connectivity index (χ2v) is 3.70. The maximum atomic E-state index is 9.68. The van der Waals surface area contributed by atoms with E-state index in [1.165, 1.54) is 0 Å². The minimum atomic E-state index is -0.873. The van der Waals surface area contributed by atoms with Crippen LogP contribution in [0.3, 0.4) is 0 Å². The van der Waals surface area contributed by atoms with Crippen molar-refractivity contribution in [3.63, 3.8) is 0 Å². The third-order valence-electron chi connectivity index (χ3n) is 1.83. The molecular weight excluding hydrogens is 124 g/mol. The quantitative estimate of drug-likeness (QED) is 0.509. The van der Waals surface area contributed by atoms with E-state index in [9.17, 15) is 5.11 Å². The van der Waals surface area contributed by atoms with E-state index in [0.29, 0.717) is 0 Å². The lowest BCUT2D eigenvalue weighted by Gasteiger charge is -2.32. The summed E-state index contributed by atoms with van der Waals surface area (Å²) >= 11 is 0. The van der Waals surface area contributed by atoms with Crippen molar-refractivity contribution in [3.8, 4) is 11.8 Å². The maximum Gasteiger partial charge on any atom is 0.127 e. The van der Waals surface area contributed by atoms with Crippen molar-refractivity contribution < 1.29 is 5.11 Å². The zero-order chi connectivity index (χ0) is 8.41. The molecule has 1 N–H and O–H groups in total. The first-order chi connectivity index (χ1) is 4.31. The Morgan fingerprint density at radius 2 is 1.50 bits per heavy atom. The van der Waals surface area contributed by atoms with Crippen molar-refractivity contribution in [2.45, 2.75) is 40.2 Å². The van der Waals surface area contributed by atoms with Gasteiger partial charge in [0.2, 0.25) is 0 Å². The molecule has 0 radical (unpaired) electrons. The van der Waals surface area contributed by atoms with E-state index in [1.54, 1.807) is 13.8 Å². The van der Waals surface area contributed by atoms with E-state index in [0.717, 1.165) is 0 Å². The second kappa shape index (κ2) is 2.64. The molecule has 0 saturated heterocycles. The Morgan fingerprint density at radius 1 is 1.10 bits per heavy atom. The van der Waals surface area contributed by atoms with Crippen LogP contribution in [-0.2, 0) is 0 Å². The maximum absolute atomic E-state index is 9.68. The Morgan fingerprint density at radius 3 is 1.60 bits per heavy atom. The summed E-state index contributed by atoms with van der Waals surface area (Å²) in [5.41, 5.74) is -1.04. The van der Waals surface area contributed by atoms with Gasteiger partial charge in [-0.3, -0.25) is 0 Å². The average Bonchev–Trinajstić information content (AvgIpc) is 1.61. The van der Waals surface area contributed by atoms with Crippen LogP contribution in [0.4, 0.5) is 0 Å². The highest BCUT2D eigenvalue weighted by Gasteiger charge is 2.32. The van der Waals surface area contributed by atoms with Gasteiger partial charge in [-0.25, -0.2) is 0 Å². The lowest BCUT2D eigenvalue weighted by molar-refractivity contribution is 0.0128. The van der Waals surface area contributed by atoms with Crippen LogP contribution in [0.25, 0.3) is 0 Å². The van der Waals surface area contributed by atoms with E-state index < -0.39 is 5.60 Å². The molecule has 0 aliphatic rings. The normalized spacial score (nSPS) is 17.0. The van der Waals surface area contributed by atoms with E-state index in [1.807, 2.05) is 20.8 Å². The second-order valence-electron chi connectivity index (χ2n) is 3.70. The molecule has 0 rings (SSSR count). The van der Waals surface area contributed by atoms with Crippen molar-refractivity contribution >= 4 is 0 Å². The van der Waals surface area contributed by atoms with Crippen LogP contribution in [0.2, 0.25) is 0 Å². The van der Waals surface area contributed by atoms with Gasteiger partial charge in [0.1, 0.15) is 5.60 Å². The Kier molecular flexibility index (Phi) is 2.51. The van der Waals surface area contributed by atoms with Crippen LogP contribution in [0, 0.1) is 17.3 Å². The van der Waals surface area contributed by atoms with Crippen LogP contribution < -0.4 is 0 Å². The summed E-state index contributed by atoms with van der Waals surface area (Å²) in [6.45, 7) is 9.38. The molecule has 0 fully saturated rings. The van der Waals surface area contributed by atoms with Gasteiger partial charge in [0.15, 0.2) is 0 Å². The van der Waals surface area contributed by atoms with Gasteiger partial charge in [0.05, 0.1) is 0 Å². The van der Waals surface area contributed by atoms with Crippen LogP contribution in [0.1, 0.15) is 34.6 Å². The smallest absolute Gasteiger partial charge is 0.127 e. The molecule has 0 aliphatic heterocycles. The van der Waals surface area contributed by atoms with E-state index in [-0.39, 0.29) is 5.41 Å². The predicted octanol–water partition coefficient (Wildman–Crippen LogP) is 1.81. The van der Waals surface area contributed by atoms with Gasteiger partial charge in [0.25, 0.3) is 0 Å². The summed E-state index contributed by atoms with van der Waals surface area (Å²) in [6.07, 6.45) is 0. The third-order valence-corrected chi connectivity index (χ3v) is 1.83. The van der Waals surface area contributed by atoms with Crippen LogP contribution in [0.15, 0.2) is 0 Å². The highest BCUT2D eigenvalue weighted by atomic mass is 16.3. The van der Waals surface area contributed by atoms with Crippen LogP contribution >= 0.6 is 0 Å². The molecule has 0 aromatic rings. The molecule has 0 aromatic carbocycles. The largest absolute Gasteiger partial charge is 0.377 e. The Labute approximate surface area is 63.5 Å². The number of aliphatic hydroxyl groups is 1. The Bertz CT molecular complexity index is 161. The molecule has 0 heterocycles. The van der Waals surface area contributed by atoms with Gasteiger partial charge >= 0.3 is 0 Å². The molecule has 1 atom stereocenters. The minimum absolute atomic E-state index is 0.171. The molecular formula is C9H16O. The summed E-state index contributed by atoms with van der Waals surface area (Å²) in [4.78, 5) is 0. The summed E-state index contributed by atoms with van der Waals surface area (Å²) in [7, 11) is 0. The Balaban J connectivity index is 4.51. The van der Waals surface area contributed by atoms with Crippen molar-refractivity contribution in [2.75, 3.05) is 0 Å². The molecule has 10 heavy (non-hydrogen) atoms. The first-order valence-corrected chi connectivity index (χ1v) is 3.47. The first-order valence-electron chi connectivity index (χ1n) is 3.47. The number of hydrogen-bond acceptors (Lipinski definition) is 1. The minimum Gasteiger partial charge on any atom is -0.377 e. The lowest BCUT2D eigenvalue weighted by atomic mass is 9.78. The molecule has 58 valence electrons. The van der Waals surface area contributed by atoms with Gasteiger partial charge in [-0.1, -0.05) is 26.7 Å². The molecule has 0 spiro atoms. The molecule has 0 amide bonds. The molecule has 0 bridgehead atoms. The molecule has 1 heteroatoms. The fourth-order valence-corrected chi connectivity index (χ4v) is 0.431. The summed E-state index contributed by atoms with van der Waals surface area (Å²) in [5.74, 6) is 5.48. The van der Waals surface area contributed by atoms with Crippen molar-refractivity contribution in [1.29, 1.82) is 0 Å². The average molecular weight is 140 g/mol. The van der Waals surface area contributed by atoms with Crippen LogP contribution in [0.5, 0.6) is 0 Å². The van der Waals surface area contributed by atoms with Crippen molar-refractivity contribution in [3.05, 3.63) is 0 Å². The van der Waals surface area contributed by atoms with Gasteiger partial charge in [0, 0.05) is 5.41 Å². The lowest BCUT2D eigenvalue weighted by Crippen LogP contribution is -2.38. The summed E-state index contributed by atoms with van der Waals surface area (Å²) in [5, 5.41) is 9.68. The SMILES string of the molecule is CC#CC(C)(O)C(C)(C)C. The van der Waals surface area contributed by atoms with E-state index in [4.69, 9.17) is 0 Å². The summed E-state index contributed by atoms with van der Waals surface area (Å²) in [6, 6.07) is 0. The molecule has 0 aliphatic carbocycles. The zero-order valence-corrected chi connectivity index (χ0v) is 7.45. The number of hydrogen-bond donors (Lipinski definition) is 1. The fraction of sp³-hybridized carbons (Fsp3) is 0.778. The van der Waals surface area contributed by atoms with Gasteiger partial charge in [-0.05, 0) is 13.8 Å². The van der Waals surface area contributed by atoms with Crippen molar-refractivity contribution in [1.82, 2.24) is 0 Å². The standard InChI is InChI=1S/C9H16O/c1-6-7-9(5,10)8(2,3)4/h10H,1-5H3. The van der Waals surface area contributed by atoms with Crippen LogP contribution in [-0.4, -0.2) is 10.7 Å². The molecule has 0 saturated carbocycles. The predicted molar refractivity (Wildman–Crippen MR) is 43.5 cm³/mol. The number of rotatable bonds is 0. The Hall–Kier alpha value is -0.480. The molecule has 1 unspecified atom stereocenters. The van der Waals surface area contributed by atoms with Crippen molar-refractivity contribution in [2.24, 2.45) is 5.41 Å². The fourth-order valence-electron chi connectivity index (χ4n) is 0.431. The molecule has 1 nitrogen and oxygen atoms in total. The topological polar surface area (TPSA) is 20.2 Å².